The van der Waals surface area contributed by atoms with Crippen molar-refractivity contribution in [1.29, 1.82) is 0 Å². The van der Waals surface area contributed by atoms with Crippen molar-refractivity contribution >= 4 is 12.4 Å². The molecule has 0 aliphatic heterocycles. The van der Waals surface area contributed by atoms with Crippen LogP contribution in [0.15, 0.2) is 0 Å². The molecule has 0 heterocycles. The van der Waals surface area contributed by atoms with Gasteiger partial charge in [0.15, 0.2) is 0 Å². The molecule has 1 saturated carbocycles. The first-order chi connectivity index (χ1) is 6.92. The van der Waals surface area contributed by atoms with Gasteiger partial charge in [0.25, 0.3) is 0 Å². The molecule has 0 aromatic rings. The van der Waals surface area contributed by atoms with Gasteiger partial charge in [-0.3, -0.25) is 0 Å². The number of aldehydes is 1. The molecule has 0 saturated heterocycles. The average Bonchev–Trinajstić information content (AvgIpc) is 2.81. The summed E-state index contributed by atoms with van der Waals surface area (Å²) in [5, 5.41) is 2.74. The molecular weight excluding hydrogens is 194 g/mol. The first-order valence-corrected chi connectivity index (χ1v) is 5.35. The van der Waals surface area contributed by atoms with Crippen LogP contribution in [-0.2, 0) is 9.53 Å². The van der Waals surface area contributed by atoms with Crippen molar-refractivity contribution in [2.24, 2.45) is 5.92 Å². The summed E-state index contributed by atoms with van der Waals surface area (Å²) in [6, 6.07) is -0.0441. The van der Waals surface area contributed by atoms with Crippen LogP contribution in [0.5, 0.6) is 0 Å². The van der Waals surface area contributed by atoms with E-state index in [1.165, 1.54) is 0 Å². The molecule has 15 heavy (non-hydrogen) atoms. The molecule has 1 N–H and O–H groups in total. The van der Waals surface area contributed by atoms with E-state index in [0.29, 0.717) is 12.3 Å². The Bertz CT molecular complexity index is 241. The number of hydrogen-bond donors (Lipinski definition) is 1. The average molecular weight is 213 g/mol. The number of hydrogen-bond acceptors (Lipinski definition) is 3. The zero-order valence-electron chi connectivity index (χ0n) is 9.58. The van der Waals surface area contributed by atoms with Gasteiger partial charge < -0.3 is 14.8 Å². The van der Waals surface area contributed by atoms with Crippen molar-refractivity contribution in [3.63, 3.8) is 0 Å². The van der Waals surface area contributed by atoms with Crippen LogP contribution in [0.25, 0.3) is 0 Å². The van der Waals surface area contributed by atoms with Crippen LogP contribution >= 0.6 is 0 Å². The number of carbonyl (C=O) groups excluding carboxylic acids is 2. The maximum atomic E-state index is 11.4. The molecule has 4 nitrogen and oxygen atoms in total. The summed E-state index contributed by atoms with van der Waals surface area (Å²) in [6.45, 7) is 5.45. The molecule has 4 heteroatoms. The molecule has 0 aromatic carbocycles. The summed E-state index contributed by atoms with van der Waals surface area (Å²) in [5.74, 6) is 0.461. The highest BCUT2D eigenvalue weighted by Crippen LogP contribution is 2.33. The van der Waals surface area contributed by atoms with E-state index in [-0.39, 0.29) is 6.04 Å². The Morgan fingerprint density at radius 2 is 2.13 bits per heavy atom. The van der Waals surface area contributed by atoms with Crippen molar-refractivity contribution in [2.45, 2.75) is 51.7 Å². The van der Waals surface area contributed by atoms with Crippen LogP contribution in [-0.4, -0.2) is 24.0 Å². The molecule has 1 unspecified atom stereocenters. The van der Waals surface area contributed by atoms with Crippen LogP contribution < -0.4 is 5.32 Å². The number of amides is 1. The molecule has 0 radical (unpaired) electrons. The molecule has 1 aliphatic carbocycles. The van der Waals surface area contributed by atoms with Crippen LogP contribution in [0.2, 0.25) is 0 Å². The van der Waals surface area contributed by atoms with Gasteiger partial charge in [-0.05, 0) is 39.5 Å². The summed E-state index contributed by atoms with van der Waals surface area (Å²) in [5.41, 5.74) is -0.487. The predicted molar refractivity (Wildman–Crippen MR) is 56.6 cm³/mol. The van der Waals surface area contributed by atoms with Crippen molar-refractivity contribution < 1.29 is 14.3 Å². The lowest BCUT2D eigenvalue weighted by Gasteiger charge is -2.22. The van der Waals surface area contributed by atoms with E-state index < -0.39 is 11.7 Å². The second kappa shape index (κ2) is 4.64. The fourth-order valence-corrected chi connectivity index (χ4v) is 1.43. The van der Waals surface area contributed by atoms with Crippen LogP contribution in [0.4, 0.5) is 4.79 Å². The largest absolute Gasteiger partial charge is 0.444 e. The fraction of sp³-hybridized carbons (Fsp3) is 0.818. The van der Waals surface area contributed by atoms with Crippen molar-refractivity contribution in [1.82, 2.24) is 5.32 Å². The van der Waals surface area contributed by atoms with E-state index in [1.54, 1.807) is 0 Å². The van der Waals surface area contributed by atoms with E-state index in [1.807, 2.05) is 20.8 Å². The van der Waals surface area contributed by atoms with Crippen molar-refractivity contribution in [2.75, 3.05) is 0 Å². The van der Waals surface area contributed by atoms with Gasteiger partial charge in [-0.25, -0.2) is 4.79 Å². The molecule has 1 atom stereocenters. The zero-order chi connectivity index (χ0) is 11.5. The Labute approximate surface area is 90.4 Å². The summed E-state index contributed by atoms with van der Waals surface area (Å²) in [6.07, 6.45) is 2.98. The lowest BCUT2D eigenvalue weighted by Crippen LogP contribution is -2.40. The zero-order valence-corrected chi connectivity index (χ0v) is 9.58. The standard InChI is InChI=1S/C11H19NO3/c1-11(2,3)15-10(14)12-9(6-7-13)8-4-5-8/h7-9H,4-6H2,1-3H3,(H,12,14). The van der Waals surface area contributed by atoms with Gasteiger partial charge in [0.1, 0.15) is 11.9 Å². The second-order valence-electron chi connectivity index (χ2n) is 4.99. The van der Waals surface area contributed by atoms with Crippen LogP contribution in [0.1, 0.15) is 40.0 Å². The second-order valence-corrected chi connectivity index (χ2v) is 4.99. The molecule has 86 valence electrons. The molecule has 1 rings (SSSR count). The Kier molecular flexibility index (Phi) is 3.72. The van der Waals surface area contributed by atoms with E-state index in [2.05, 4.69) is 5.32 Å². The quantitative estimate of drug-likeness (QED) is 0.725. The van der Waals surface area contributed by atoms with Gasteiger partial charge in [-0.15, -0.1) is 0 Å². The maximum Gasteiger partial charge on any atom is 0.407 e. The first-order valence-electron chi connectivity index (χ1n) is 5.35. The molecule has 0 bridgehead atoms. The monoisotopic (exact) mass is 213 g/mol. The minimum absolute atomic E-state index is 0.0441. The molecule has 0 spiro atoms. The van der Waals surface area contributed by atoms with Gasteiger partial charge in [0.2, 0.25) is 0 Å². The van der Waals surface area contributed by atoms with Gasteiger partial charge in [0, 0.05) is 12.5 Å². The smallest absolute Gasteiger partial charge is 0.407 e. The normalized spacial score (nSPS) is 18.1. The van der Waals surface area contributed by atoms with E-state index in [0.717, 1.165) is 19.1 Å². The lowest BCUT2D eigenvalue weighted by atomic mass is 10.1. The van der Waals surface area contributed by atoms with Crippen molar-refractivity contribution in [3.8, 4) is 0 Å². The third kappa shape index (κ3) is 4.81. The highest BCUT2D eigenvalue weighted by atomic mass is 16.6. The van der Waals surface area contributed by atoms with E-state index in [9.17, 15) is 9.59 Å². The molecule has 0 aromatic heterocycles. The summed E-state index contributed by atoms with van der Waals surface area (Å²) in [4.78, 5) is 21.8. The third-order valence-electron chi connectivity index (χ3n) is 2.24. The highest BCUT2D eigenvalue weighted by Gasteiger charge is 2.32. The Morgan fingerprint density at radius 1 is 1.53 bits per heavy atom. The summed E-state index contributed by atoms with van der Waals surface area (Å²) >= 11 is 0. The lowest BCUT2D eigenvalue weighted by molar-refractivity contribution is -0.108. The number of alkyl carbamates (subject to hydrolysis) is 1. The Hall–Kier alpha value is -1.06. The molecular formula is C11H19NO3. The topological polar surface area (TPSA) is 55.4 Å². The maximum absolute atomic E-state index is 11.4. The Morgan fingerprint density at radius 3 is 2.53 bits per heavy atom. The summed E-state index contributed by atoms with van der Waals surface area (Å²) in [7, 11) is 0. The van der Waals surface area contributed by atoms with Crippen LogP contribution in [0, 0.1) is 5.92 Å². The molecule has 1 amide bonds. The summed E-state index contributed by atoms with van der Waals surface area (Å²) < 4.78 is 5.13. The number of carbonyl (C=O) groups is 2. The van der Waals surface area contributed by atoms with Gasteiger partial charge in [-0.2, -0.15) is 0 Å². The minimum Gasteiger partial charge on any atom is -0.444 e. The van der Waals surface area contributed by atoms with Crippen LogP contribution in [0.3, 0.4) is 0 Å². The van der Waals surface area contributed by atoms with Gasteiger partial charge in [-0.1, -0.05) is 0 Å². The third-order valence-corrected chi connectivity index (χ3v) is 2.24. The van der Waals surface area contributed by atoms with Gasteiger partial charge in [0.05, 0.1) is 0 Å². The number of nitrogens with one attached hydrogen (secondary N) is 1. The fourth-order valence-electron chi connectivity index (χ4n) is 1.43. The van der Waals surface area contributed by atoms with Gasteiger partial charge >= 0.3 is 6.09 Å². The highest BCUT2D eigenvalue weighted by molar-refractivity contribution is 5.69. The van der Waals surface area contributed by atoms with E-state index in [4.69, 9.17) is 4.74 Å². The first kappa shape index (κ1) is 12.0. The predicted octanol–water partition coefficient (Wildman–Crippen LogP) is 1.88. The van der Waals surface area contributed by atoms with E-state index >= 15 is 0 Å². The number of rotatable bonds is 4. The Balaban J connectivity index is 2.36. The SMILES string of the molecule is CC(C)(C)OC(=O)NC(CC=O)C1CC1. The molecule has 1 fully saturated rings. The number of ether oxygens (including phenoxy) is 1. The minimum atomic E-state index is -0.487. The van der Waals surface area contributed by atoms with Crippen molar-refractivity contribution in [3.05, 3.63) is 0 Å². The molecule has 1 aliphatic rings.